The number of ether oxygens (including phenoxy) is 1. The van der Waals surface area contributed by atoms with Crippen molar-refractivity contribution >= 4 is 23.3 Å². The van der Waals surface area contributed by atoms with E-state index in [1.165, 1.54) is 4.90 Å². The highest BCUT2D eigenvalue weighted by Gasteiger charge is 2.35. The van der Waals surface area contributed by atoms with Crippen LogP contribution in [0.2, 0.25) is 0 Å². The molecular formula is C26H34F3N7O2. The van der Waals surface area contributed by atoms with Crippen molar-refractivity contribution in [1.29, 1.82) is 0 Å². The lowest BCUT2D eigenvalue weighted by atomic mass is 10.0. The molecule has 3 aromatic heterocycles. The number of aromatic nitrogens is 4. The molecule has 1 aliphatic rings. The summed E-state index contributed by atoms with van der Waals surface area (Å²) >= 11 is 0. The molecule has 0 amide bonds. The molecule has 0 saturated carbocycles. The second kappa shape index (κ2) is 11.1. The number of carbonyl (C=O) groups excluding carboxylic acids is 1. The second-order valence-corrected chi connectivity index (χ2v) is 9.63. The van der Waals surface area contributed by atoms with E-state index in [0.29, 0.717) is 49.5 Å². The number of pyridine rings is 1. The van der Waals surface area contributed by atoms with Crippen molar-refractivity contribution in [2.75, 3.05) is 56.7 Å². The van der Waals surface area contributed by atoms with Crippen LogP contribution in [0.15, 0.2) is 24.5 Å². The molecule has 0 N–H and O–H groups in total. The van der Waals surface area contributed by atoms with Gasteiger partial charge in [-0.25, -0.2) is 14.8 Å². The van der Waals surface area contributed by atoms with Gasteiger partial charge in [0.2, 0.25) is 0 Å². The van der Waals surface area contributed by atoms with Crippen molar-refractivity contribution in [3.8, 4) is 11.1 Å². The lowest BCUT2D eigenvalue weighted by molar-refractivity contribution is -0.147. The van der Waals surface area contributed by atoms with E-state index in [0.717, 1.165) is 16.9 Å². The molecule has 1 aliphatic heterocycles. The first-order chi connectivity index (χ1) is 18.0. The van der Waals surface area contributed by atoms with Gasteiger partial charge in [-0.3, -0.25) is 4.90 Å². The van der Waals surface area contributed by atoms with Gasteiger partial charge in [-0.15, -0.1) is 0 Å². The Morgan fingerprint density at radius 2 is 1.92 bits per heavy atom. The molecule has 4 rings (SSSR count). The maximum atomic E-state index is 13.0. The zero-order chi connectivity index (χ0) is 27.6. The molecule has 0 atom stereocenters. The van der Waals surface area contributed by atoms with Gasteiger partial charge < -0.3 is 14.5 Å². The summed E-state index contributed by atoms with van der Waals surface area (Å²) in [5.41, 5.74) is 2.90. The third-order valence-corrected chi connectivity index (χ3v) is 6.85. The average molecular weight is 534 g/mol. The maximum absolute atomic E-state index is 13.0. The van der Waals surface area contributed by atoms with Gasteiger partial charge >= 0.3 is 12.1 Å². The van der Waals surface area contributed by atoms with Crippen LogP contribution in [0, 0.1) is 6.92 Å². The summed E-state index contributed by atoms with van der Waals surface area (Å²) in [5.74, 6) is 0.934. The molecule has 4 heterocycles. The molecule has 0 aliphatic carbocycles. The van der Waals surface area contributed by atoms with Crippen molar-refractivity contribution < 1.29 is 22.7 Å². The van der Waals surface area contributed by atoms with E-state index in [2.05, 4.69) is 15.0 Å². The van der Waals surface area contributed by atoms with E-state index in [1.54, 1.807) is 23.8 Å². The molecule has 0 unspecified atom stereocenters. The van der Waals surface area contributed by atoms with E-state index in [-0.39, 0.29) is 18.3 Å². The van der Waals surface area contributed by atoms with Crippen LogP contribution in [-0.2, 0) is 4.74 Å². The normalized spacial score (nSPS) is 15.2. The number of rotatable bonds is 8. The van der Waals surface area contributed by atoms with Gasteiger partial charge in [0.25, 0.3) is 0 Å². The predicted octanol–water partition coefficient (Wildman–Crippen LogP) is 4.20. The monoisotopic (exact) mass is 533 g/mol. The first kappa shape index (κ1) is 27.6. The van der Waals surface area contributed by atoms with Gasteiger partial charge in [-0.1, -0.05) is 0 Å². The topological polar surface area (TPSA) is 79.1 Å². The summed E-state index contributed by atoms with van der Waals surface area (Å²) in [7, 11) is 3.81. The number of fused-ring (bicyclic) bond motifs is 1. The van der Waals surface area contributed by atoms with E-state index < -0.39 is 18.7 Å². The Labute approximate surface area is 220 Å². The summed E-state index contributed by atoms with van der Waals surface area (Å²) in [5, 5.41) is 4.67. The van der Waals surface area contributed by atoms with Crippen molar-refractivity contribution in [2.24, 2.45) is 0 Å². The molecule has 1 saturated heterocycles. The van der Waals surface area contributed by atoms with Crippen LogP contribution in [0.3, 0.4) is 0 Å². The van der Waals surface area contributed by atoms with Crippen molar-refractivity contribution in [2.45, 2.75) is 45.8 Å². The fraction of sp³-hybridized carbons (Fsp3) is 0.538. The van der Waals surface area contributed by atoms with Crippen molar-refractivity contribution in [1.82, 2.24) is 24.5 Å². The average Bonchev–Trinajstić information content (AvgIpc) is 3.29. The molecule has 0 bridgehead atoms. The number of piperidine rings is 1. The van der Waals surface area contributed by atoms with Gasteiger partial charge in [0.1, 0.15) is 11.6 Å². The lowest BCUT2D eigenvalue weighted by Crippen LogP contribution is -2.48. The smallest absolute Gasteiger partial charge is 0.401 e. The van der Waals surface area contributed by atoms with Crippen LogP contribution in [0.5, 0.6) is 0 Å². The van der Waals surface area contributed by atoms with Gasteiger partial charge in [0, 0.05) is 57.1 Å². The number of hydrogen-bond acceptors (Lipinski definition) is 8. The Balaban J connectivity index is 1.80. The minimum Gasteiger partial charge on any atom is -0.461 e. The quantitative estimate of drug-likeness (QED) is 0.399. The number of carbonyl (C=O) groups is 1. The van der Waals surface area contributed by atoms with E-state index >= 15 is 0 Å². The zero-order valence-electron chi connectivity index (χ0n) is 22.4. The van der Waals surface area contributed by atoms with Crippen LogP contribution < -0.4 is 9.80 Å². The van der Waals surface area contributed by atoms with Crippen LogP contribution in [0.1, 0.15) is 42.7 Å². The number of nitrogens with zero attached hydrogens (tertiary/aromatic N) is 7. The third kappa shape index (κ3) is 5.69. The Kier molecular flexibility index (Phi) is 8.10. The molecule has 3 aromatic rings. The minimum absolute atomic E-state index is 0.0160. The third-order valence-electron chi connectivity index (χ3n) is 6.85. The highest BCUT2D eigenvalue weighted by molar-refractivity contribution is 5.92. The number of halogens is 3. The van der Waals surface area contributed by atoms with E-state index in [4.69, 9.17) is 9.72 Å². The molecule has 0 aromatic carbocycles. The van der Waals surface area contributed by atoms with E-state index in [1.807, 2.05) is 45.0 Å². The van der Waals surface area contributed by atoms with Crippen LogP contribution >= 0.6 is 0 Å². The molecule has 38 heavy (non-hydrogen) atoms. The van der Waals surface area contributed by atoms with Crippen molar-refractivity contribution in [3.63, 3.8) is 0 Å². The highest BCUT2D eigenvalue weighted by atomic mass is 19.4. The van der Waals surface area contributed by atoms with Crippen molar-refractivity contribution in [3.05, 3.63) is 35.8 Å². The summed E-state index contributed by atoms with van der Waals surface area (Å²) in [4.78, 5) is 27.5. The maximum Gasteiger partial charge on any atom is 0.401 e. The number of esters is 1. The molecule has 9 nitrogen and oxygen atoms in total. The van der Waals surface area contributed by atoms with E-state index in [9.17, 15) is 18.0 Å². The standard InChI is InChI=1S/C26H34F3N7O2/c1-6-35(19-9-12-34(13-10-19)16-26(27,28)29)24-17(3)22(25(37)38-7-2)32-23-20(15-31-36(23)24)18-8-11-30-21(14-18)33(4)5/h8,11,14-15,19H,6-7,9-10,12-13,16H2,1-5H3. The number of alkyl halides is 3. The molecule has 0 radical (unpaired) electrons. The molecular weight excluding hydrogens is 499 g/mol. The van der Waals surface area contributed by atoms with Gasteiger partial charge in [-0.2, -0.15) is 22.8 Å². The Hall–Kier alpha value is -3.41. The van der Waals surface area contributed by atoms with Crippen LogP contribution in [-0.4, -0.2) is 89.6 Å². The Morgan fingerprint density at radius 3 is 2.53 bits per heavy atom. The first-order valence-electron chi connectivity index (χ1n) is 12.8. The largest absolute Gasteiger partial charge is 0.461 e. The number of anilines is 2. The highest BCUT2D eigenvalue weighted by Crippen LogP contribution is 2.33. The second-order valence-electron chi connectivity index (χ2n) is 9.63. The molecule has 12 heteroatoms. The molecule has 206 valence electrons. The van der Waals surface area contributed by atoms with Crippen LogP contribution in [0.4, 0.5) is 24.8 Å². The summed E-state index contributed by atoms with van der Waals surface area (Å²) < 4.78 is 45.8. The molecule has 0 spiro atoms. The Morgan fingerprint density at radius 1 is 1.21 bits per heavy atom. The lowest BCUT2D eigenvalue weighted by Gasteiger charge is -2.40. The summed E-state index contributed by atoms with van der Waals surface area (Å²) in [6.45, 7) is 6.12. The van der Waals surface area contributed by atoms with Gasteiger partial charge in [0.15, 0.2) is 11.3 Å². The fourth-order valence-electron chi connectivity index (χ4n) is 5.05. The first-order valence-corrected chi connectivity index (χ1v) is 12.8. The fourth-order valence-corrected chi connectivity index (χ4v) is 5.05. The number of hydrogen-bond donors (Lipinski definition) is 0. The summed E-state index contributed by atoms with van der Waals surface area (Å²) in [6, 6.07) is 3.78. The zero-order valence-corrected chi connectivity index (χ0v) is 22.4. The predicted molar refractivity (Wildman–Crippen MR) is 140 cm³/mol. The summed E-state index contributed by atoms with van der Waals surface area (Å²) in [6.07, 6.45) is 0.334. The molecule has 1 fully saturated rings. The minimum atomic E-state index is -4.22. The SMILES string of the molecule is CCOC(=O)c1nc2c(-c3ccnc(N(C)C)c3)cnn2c(N(CC)C2CCN(CC(F)(F)F)CC2)c1C. The van der Waals surface area contributed by atoms with Gasteiger partial charge in [0.05, 0.1) is 19.3 Å². The number of likely N-dealkylation sites (tertiary alicyclic amines) is 1. The van der Waals surface area contributed by atoms with Gasteiger partial charge in [-0.05, 0) is 51.3 Å². The van der Waals surface area contributed by atoms with Crippen LogP contribution in [0.25, 0.3) is 16.8 Å². The Bertz CT molecular complexity index is 1280.